The van der Waals surface area contributed by atoms with Gasteiger partial charge in [-0.05, 0) is 55.2 Å². The molecule has 1 amide bonds. The Morgan fingerprint density at radius 1 is 0.966 bits per heavy atom. The standard InChI is InChI=1S/C25H26N2O2/c1-20-9-11-22(12-10-20)18-26-19-25(28)27-23-13-15-24(16-14-23)29-17-5-8-21-6-3-2-4-7-21/h2-4,6-7,9-16,18H,5,8,17,19H2,1H3,(H,27,28). The van der Waals surface area contributed by atoms with Crippen molar-refractivity contribution in [2.45, 2.75) is 19.8 Å². The van der Waals surface area contributed by atoms with Crippen LogP contribution in [0.15, 0.2) is 83.9 Å². The van der Waals surface area contributed by atoms with E-state index in [-0.39, 0.29) is 12.5 Å². The van der Waals surface area contributed by atoms with E-state index in [9.17, 15) is 4.79 Å². The molecule has 0 radical (unpaired) electrons. The summed E-state index contributed by atoms with van der Waals surface area (Å²) in [6.45, 7) is 2.79. The minimum Gasteiger partial charge on any atom is -0.494 e. The summed E-state index contributed by atoms with van der Waals surface area (Å²) in [7, 11) is 0. The highest BCUT2D eigenvalue weighted by atomic mass is 16.5. The molecule has 29 heavy (non-hydrogen) atoms. The van der Waals surface area contributed by atoms with Crippen LogP contribution in [0.5, 0.6) is 5.75 Å². The maximum atomic E-state index is 12.0. The second-order valence-corrected chi connectivity index (χ2v) is 6.89. The molecule has 1 N–H and O–H groups in total. The minimum atomic E-state index is -0.148. The van der Waals surface area contributed by atoms with Crippen LogP contribution < -0.4 is 10.1 Å². The number of hydrogen-bond acceptors (Lipinski definition) is 3. The zero-order valence-electron chi connectivity index (χ0n) is 16.7. The number of nitrogens with one attached hydrogen (secondary N) is 1. The molecular formula is C25H26N2O2. The summed E-state index contributed by atoms with van der Waals surface area (Å²) in [5.41, 5.74) is 4.23. The van der Waals surface area contributed by atoms with Gasteiger partial charge in [0.25, 0.3) is 0 Å². The van der Waals surface area contributed by atoms with Crippen LogP contribution in [0.3, 0.4) is 0 Å². The molecule has 4 nitrogen and oxygen atoms in total. The first-order valence-electron chi connectivity index (χ1n) is 9.82. The third-order valence-electron chi connectivity index (χ3n) is 4.41. The highest BCUT2D eigenvalue weighted by Crippen LogP contribution is 2.16. The van der Waals surface area contributed by atoms with Gasteiger partial charge in [-0.3, -0.25) is 9.79 Å². The Kier molecular flexibility index (Phi) is 7.58. The van der Waals surface area contributed by atoms with Crippen LogP contribution in [0.25, 0.3) is 0 Å². The monoisotopic (exact) mass is 386 g/mol. The van der Waals surface area contributed by atoms with Crippen LogP contribution in [0, 0.1) is 6.92 Å². The van der Waals surface area contributed by atoms with Crippen molar-refractivity contribution in [3.8, 4) is 5.75 Å². The number of nitrogens with zero attached hydrogens (tertiary/aromatic N) is 1. The van der Waals surface area contributed by atoms with E-state index in [1.165, 1.54) is 11.1 Å². The molecule has 0 unspecified atom stereocenters. The number of hydrogen-bond donors (Lipinski definition) is 1. The van der Waals surface area contributed by atoms with Crippen molar-refractivity contribution in [2.24, 2.45) is 4.99 Å². The molecule has 3 aromatic carbocycles. The molecule has 3 aromatic rings. The topological polar surface area (TPSA) is 50.7 Å². The number of aliphatic imine (C=N–C) groups is 1. The predicted molar refractivity (Wildman–Crippen MR) is 119 cm³/mol. The van der Waals surface area contributed by atoms with E-state index >= 15 is 0 Å². The molecule has 0 bridgehead atoms. The number of ether oxygens (including phenoxy) is 1. The lowest BCUT2D eigenvalue weighted by Crippen LogP contribution is -2.14. The summed E-state index contributed by atoms with van der Waals surface area (Å²) in [4.78, 5) is 16.2. The second-order valence-electron chi connectivity index (χ2n) is 6.89. The average molecular weight is 386 g/mol. The SMILES string of the molecule is Cc1ccc(C=NCC(=O)Nc2ccc(OCCCc3ccccc3)cc2)cc1. The number of rotatable bonds is 9. The Morgan fingerprint density at radius 2 is 1.69 bits per heavy atom. The number of aryl methyl sites for hydroxylation is 2. The molecule has 0 heterocycles. The average Bonchev–Trinajstić information content (AvgIpc) is 2.74. The molecular weight excluding hydrogens is 360 g/mol. The molecule has 0 fully saturated rings. The van der Waals surface area contributed by atoms with E-state index in [1.54, 1.807) is 6.21 Å². The zero-order valence-corrected chi connectivity index (χ0v) is 16.7. The number of carbonyl (C=O) groups excluding carboxylic acids is 1. The Hall–Kier alpha value is -3.40. The van der Waals surface area contributed by atoms with Crippen molar-refractivity contribution in [2.75, 3.05) is 18.5 Å². The number of benzene rings is 3. The van der Waals surface area contributed by atoms with Gasteiger partial charge in [0.15, 0.2) is 0 Å². The molecule has 3 rings (SSSR count). The van der Waals surface area contributed by atoms with Crippen molar-refractivity contribution >= 4 is 17.8 Å². The van der Waals surface area contributed by atoms with Crippen molar-refractivity contribution < 1.29 is 9.53 Å². The molecule has 0 aliphatic carbocycles. The van der Waals surface area contributed by atoms with Gasteiger partial charge in [-0.15, -0.1) is 0 Å². The third-order valence-corrected chi connectivity index (χ3v) is 4.41. The van der Waals surface area contributed by atoms with Crippen molar-refractivity contribution in [1.82, 2.24) is 0 Å². The van der Waals surface area contributed by atoms with E-state index < -0.39 is 0 Å². The van der Waals surface area contributed by atoms with Gasteiger partial charge in [-0.25, -0.2) is 0 Å². The summed E-state index contributed by atoms with van der Waals surface area (Å²) in [5.74, 6) is 0.651. The summed E-state index contributed by atoms with van der Waals surface area (Å²) >= 11 is 0. The van der Waals surface area contributed by atoms with Gasteiger partial charge in [0.05, 0.1) is 6.61 Å². The molecule has 0 aliphatic heterocycles. The molecule has 0 spiro atoms. The first-order chi connectivity index (χ1) is 14.2. The number of amides is 1. The zero-order chi connectivity index (χ0) is 20.3. The normalized spacial score (nSPS) is 10.8. The molecule has 0 saturated carbocycles. The van der Waals surface area contributed by atoms with Crippen molar-refractivity contribution in [3.63, 3.8) is 0 Å². The quantitative estimate of drug-likeness (QED) is 0.413. The molecule has 0 aliphatic rings. The smallest absolute Gasteiger partial charge is 0.246 e. The summed E-state index contributed by atoms with van der Waals surface area (Å²) in [6, 6.07) is 25.8. The van der Waals surface area contributed by atoms with Crippen molar-refractivity contribution in [1.29, 1.82) is 0 Å². The summed E-state index contributed by atoms with van der Waals surface area (Å²) < 4.78 is 5.77. The lowest BCUT2D eigenvalue weighted by atomic mass is 10.1. The predicted octanol–water partition coefficient (Wildman–Crippen LogP) is 5.06. The lowest BCUT2D eigenvalue weighted by molar-refractivity contribution is -0.114. The Labute approximate surface area is 172 Å². The fourth-order valence-corrected chi connectivity index (χ4v) is 2.83. The largest absolute Gasteiger partial charge is 0.494 e. The van der Waals surface area contributed by atoms with Gasteiger partial charge in [0.2, 0.25) is 5.91 Å². The van der Waals surface area contributed by atoms with Crippen LogP contribution in [-0.2, 0) is 11.2 Å². The lowest BCUT2D eigenvalue weighted by Gasteiger charge is -2.08. The first kappa shape index (κ1) is 20.3. The number of anilines is 1. The van der Waals surface area contributed by atoms with Gasteiger partial charge < -0.3 is 10.1 Å². The van der Waals surface area contributed by atoms with E-state index in [1.807, 2.05) is 61.5 Å². The van der Waals surface area contributed by atoms with Gasteiger partial charge in [-0.2, -0.15) is 0 Å². The second kappa shape index (κ2) is 10.8. The molecule has 148 valence electrons. The van der Waals surface area contributed by atoms with Crippen LogP contribution in [-0.4, -0.2) is 25.3 Å². The van der Waals surface area contributed by atoms with Crippen LogP contribution in [0.2, 0.25) is 0 Å². The van der Waals surface area contributed by atoms with Gasteiger partial charge in [-0.1, -0.05) is 60.2 Å². The number of carbonyl (C=O) groups is 1. The Bertz CT molecular complexity index is 917. The van der Waals surface area contributed by atoms with Crippen LogP contribution in [0.4, 0.5) is 5.69 Å². The fourth-order valence-electron chi connectivity index (χ4n) is 2.83. The summed E-state index contributed by atoms with van der Waals surface area (Å²) in [5, 5.41) is 2.85. The van der Waals surface area contributed by atoms with Crippen LogP contribution >= 0.6 is 0 Å². The fraction of sp³-hybridized carbons (Fsp3) is 0.200. The summed E-state index contributed by atoms with van der Waals surface area (Å²) in [6.07, 6.45) is 3.67. The van der Waals surface area contributed by atoms with E-state index in [0.29, 0.717) is 6.61 Å². The Balaban J connectivity index is 1.38. The molecule has 0 atom stereocenters. The third kappa shape index (κ3) is 7.26. The maximum absolute atomic E-state index is 12.0. The minimum absolute atomic E-state index is 0.0889. The highest BCUT2D eigenvalue weighted by Gasteiger charge is 2.02. The molecule has 0 saturated heterocycles. The van der Waals surface area contributed by atoms with E-state index in [2.05, 4.69) is 34.6 Å². The van der Waals surface area contributed by atoms with Gasteiger partial charge in [0.1, 0.15) is 12.3 Å². The van der Waals surface area contributed by atoms with Crippen LogP contribution in [0.1, 0.15) is 23.1 Å². The molecule has 0 aromatic heterocycles. The highest BCUT2D eigenvalue weighted by molar-refractivity contribution is 5.93. The van der Waals surface area contributed by atoms with Gasteiger partial charge in [0, 0.05) is 11.9 Å². The molecule has 4 heteroatoms. The van der Waals surface area contributed by atoms with E-state index in [0.717, 1.165) is 29.8 Å². The first-order valence-corrected chi connectivity index (χ1v) is 9.82. The maximum Gasteiger partial charge on any atom is 0.246 e. The van der Waals surface area contributed by atoms with Gasteiger partial charge >= 0.3 is 0 Å². The van der Waals surface area contributed by atoms with Crippen molar-refractivity contribution in [3.05, 3.63) is 95.6 Å². The van der Waals surface area contributed by atoms with E-state index in [4.69, 9.17) is 4.74 Å². The Morgan fingerprint density at radius 3 is 2.41 bits per heavy atom.